The molecule has 1 aromatic heterocycles. The van der Waals surface area contributed by atoms with E-state index >= 15 is 0 Å². The highest BCUT2D eigenvalue weighted by Crippen LogP contribution is 2.48. The summed E-state index contributed by atoms with van der Waals surface area (Å²) in [7, 11) is -0.851. The highest BCUT2D eigenvalue weighted by atomic mass is 127. The van der Waals surface area contributed by atoms with Crippen LogP contribution in [0.15, 0.2) is 22.8 Å². The summed E-state index contributed by atoms with van der Waals surface area (Å²) in [5.74, 6) is -2.06. The number of ether oxygens (including phenoxy) is 1. The average molecular weight is 573 g/mol. The maximum Gasteiger partial charge on any atom is 0.434 e. The van der Waals surface area contributed by atoms with E-state index in [1.165, 1.54) is 12.1 Å². The normalized spacial score (nSPS) is 13.3. The summed E-state index contributed by atoms with van der Waals surface area (Å²) in [6.07, 6.45) is 0.165. The summed E-state index contributed by atoms with van der Waals surface area (Å²) in [6.45, 7) is 0.0864. The number of aromatic nitrogens is 2. The molecule has 0 saturated carbocycles. The van der Waals surface area contributed by atoms with Crippen molar-refractivity contribution in [3.63, 3.8) is 0 Å². The minimum atomic E-state index is -4.71. The Morgan fingerprint density at radius 1 is 1.23 bits per heavy atom. The molecule has 2 aromatic rings. The van der Waals surface area contributed by atoms with Crippen LogP contribution < -0.4 is 0 Å². The zero-order valence-electron chi connectivity index (χ0n) is 13.7. The molecule has 0 aliphatic carbocycles. The quantitative estimate of drug-likeness (QED) is 0.184. The third-order valence-electron chi connectivity index (χ3n) is 3.29. The monoisotopic (exact) mass is 572 g/mol. The molecule has 26 heavy (non-hydrogen) atoms. The smallest absolute Gasteiger partial charge is 0.360 e. The van der Waals surface area contributed by atoms with Crippen molar-refractivity contribution < 1.29 is 26.7 Å². The number of nitrogens with zero attached hydrogens (tertiary/aromatic N) is 2. The van der Waals surface area contributed by atoms with Gasteiger partial charge in [-0.3, -0.25) is 0 Å². The lowest BCUT2D eigenvalue weighted by Gasteiger charge is -2.22. The molecular formula is C15H15BrF5IN2OS. The molecule has 0 unspecified atom stereocenters. The predicted octanol–water partition coefficient (Wildman–Crippen LogP) is 6.00. The van der Waals surface area contributed by atoms with Gasteiger partial charge < -0.3 is 9.30 Å². The standard InChI is InChI=1S/C15H15BrF5IN2OS/c1-26(2,22)6-5-25-8-24-7-11(15(19,20)21)23-14(24)9-3-4-10(16)13(18)12(9)17/h3-4,7H,5-6,8H2,1-2H3. The van der Waals surface area contributed by atoms with E-state index in [-0.39, 0.29) is 22.6 Å². The lowest BCUT2D eigenvalue weighted by Crippen LogP contribution is -2.09. The van der Waals surface area contributed by atoms with Crippen molar-refractivity contribution in [3.05, 3.63) is 40.1 Å². The number of rotatable bonds is 6. The first-order chi connectivity index (χ1) is 11.9. The van der Waals surface area contributed by atoms with Gasteiger partial charge in [-0.05, 0) is 61.8 Å². The van der Waals surface area contributed by atoms with Gasteiger partial charge >= 0.3 is 6.18 Å². The number of hydrogen-bond donors (Lipinski definition) is 0. The van der Waals surface area contributed by atoms with E-state index in [1.54, 1.807) is 0 Å². The molecule has 0 spiro atoms. The molecule has 11 heteroatoms. The average Bonchev–Trinajstić information content (AvgIpc) is 2.93. The minimum absolute atomic E-state index is 0.128. The number of hydrogen-bond acceptors (Lipinski definition) is 2. The highest BCUT2D eigenvalue weighted by molar-refractivity contribution is 14.2. The van der Waals surface area contributed by atoms with E-state index in [0.29, 0.717) is 6.61 Å². The summed E-state index contributed by atoms with van der Waals surface area (Å²) in [4.78, 5) is 3.45. The van der Waals surface area contributed by atoms with Crippen LogP contribution in [0.1, 0.15) is 5.69 Å². The van der Waals surface area contributed by atoms with Gasteiger partial charge in [-0.1, -0.05) is 0 Å². The molecule has 0 bridgehead atoms. The summed E-state index contributed by atoms with van der Waals surface area (Å²) >= 11 is 5.15. The summed E-state index contributed by atoms with van der Waals surface area (Å²) in [5.41, 5.74) is -1.57. The fraction of sp³-hybridized carbons (Fsp3) is 0.400. The topological polar surface area (TPSA) is 27.1 Å². The van der Waals surface area contributed by atoms with Gasteiger partial charge in [-0.15, -0.1) is 0 Å². The second-order valence-corrected chi connectivity index (χ2v) is 17.0. The van der Waals surface area contributed by atoms with Gasteiger partial charge in [-0.2, -0.15) is 20.4 Å². The van der Waals surface area contributed by atoms with Crippen molar-refractivity contribution in [1.82, 2.24) is 9.55 Å². The highest BCUT2D eigenvalue weighted by Gasteiger charge is 2.35. The number of imidazole rings is 1. The summed E-state index contributed by atoms with van der Waals surface area (Å²) < 4.78 is 73.3. The Hall–Kier alpha value is -0.400. The zero-order chi connectivity index (χ0) is 19.7. The van der Waals surface area contributed by atoms with Crippen LogP contribution in [0.3, 0.4) is 0 Å². The van der Waals surface area contributed by atoms with Crippen LogP contribution in [0.25, 0.3) is 11.4 Å². The fourth-order valence-corrected chi connectivity index (χ4v) is 3.34. The first-order valence-corrected chi connectivity index (χ1v) is 13.1. The molecule has 3 nitrogen and oxygen atoms in total. The molecule has 0 saturated heterocycles. The predicted molar refractivity (Wildman–Crippen MR) is 105 cm³/mol. The van der Waals surface area contributed by atoms with Gasteiger partial charge in [0.2, 0.25) is 0 Å². The molecule has 2 rings (SSSR count). The van der Waals surface area contributed by atoms with Crippen LogP contribution in [-0.4, -0.2) is 34.4 Å². The molecule has 0 amide bonds. The third kappa shape index (κ3) is 5.55. The maximum atomic E-state index is 14.2. The van der Waals surface area contributed by atoms with E-state index in [1.807, 2.05) is 0 Å². The second-order valence-electron chi connectivity index (χ2n) is 5.78. The molecule has 1 aromatic carbocycles. The van der Waals surface area contributed by atoms with Gasteiger partial charge in [0.05, 0.1) is 16.6 Å². The fourth-order valence-electron chi connectivity index (χ4n) is 1.98. The molecule has 0 fully saturated rings. The lowest BCUT2D eigenvalue weighted by molar-refractivity contribution is -0.141. The van der Waals surface area contributed by atoms with Crippen LogP contribution >= 0.6 is 44.3 Å². The summed E-state index contributed by atoms with van der Waals surface area (Å²) in [5, 5.41) is 0. The molecule has 0 radical (unpaired) electrons. The molecule has 1 heterocycles. The van der Waals surface area contributed by atoms with Gasteiger partial charge in [-0.25, -0.2) is 13.8 Å². The van der Waals surface area contributed by atoms with E-state index in [9.17, 15) is 22.0 Å². The maximum absolute atomic E-state index is 14.2. The van der Waals surface area contributed by atoms with Crippen molar-refractivity contribution >= 4 is 44.3 Å². The van der Waals surface area contributed by atoms with Crippen molar-refractivity contribution in [2.75, 3.05) is 24.9 Å². The summed E-state index contributed by atoms with van der Waals surface area (Å²) in [6, 6.07) is 2.38. The van der Waals surface area contributed by atoms with E-state index in [2.05, 4.69) is 54.6 Å². The van der Waals surface area contributed by atoms with Crippen LogP contribution in [0.2, 0.25) is 0 Å². The SMILES string of the molecule is CS(C)(I)CCOCn1cc(C(F)(F)F)nc1-c1ccc(Br)c(F)c1F. The van der Waals surface area contributed by atoms with Crippen molar-refractivity contribution in [3.8, 4) is 11.4 Å². The first-order valence-electron chi connectivity index (χ1n) is 7.17. The van der Waals surface area contributed by atoms with Crippen LogP contribution in [0.5, 0.6) is 0 Å². The van der Waals surface area contributed by atoms with E-state index in [4.69, 9.17) is 4.74 Å². The Labute approximate surface area is 169 Å². The van der Waals surface area contributed by atoms with Crippen molar-refractivity contribution in [2.24, 2.45) is 0 Å². The number of benzene rings is 1. The van der Waals surface area contributed by atoms with Crippen molar-refractivity contribution in [1.29, 1.82) is 0 Å². The van der Waals surface area contributed by atoms with Gasteiger partial charge in [0.1, 0.15) is 12.6 Å². The second kappa shape index (κ2) is 8.31. The first kappa shape index (κ1) is 21.9. The molecule has 146 valence electrons. The molecule has 0 aliphatic rings. The van der Waals surface area contributed by atoms with Gasteiger partial charge in [0.25, 0.3) is 0 Å². The van der Waals surface area contributed by atoms with Crippen LogP contribution in [-0.2, 0) is 17.6 Å². The Morgan fingerprint density at radius 2 is 1.88 bits per heavy atom. The lowest BCUT2D eigenvalue weighted by atomic mass is 10.2. The van der Waals surface area contributed by atoms with Crippen LogP contribution in [0.4, 0.5) is 22.0 Å². The number of halogens is 7. The van der Waals surface area contributed by atoms with Gasteiger partial charge in [0.15, 0.2) is 17.3 Å². The molecule has 0 atom stereocenters. The number of alkyl halides is 3. The Balaban J connectivity index is 2.35. The van der Waals surface area contributed by atoms with Gasteiger partial charge in [0, 0.05) is 11.9 Å². The Morgan fingerprint density at radius 3 is 2.46 bits per heavy atom. The van der Waals surface area contributed by atoms with E-state index in [0.717, 1.165) is 16.5 Å². The van der Waals surface area contributed by atoms with E-state index < -0.39 is 30.7 Å². The van der Waals surface area contributed by atoms with Crippen molar-refractivity contribution in [2.45, 2.75) is 12.9 Å². The third-order valence-corrected chi connectivity index (χ3v) is 6.36. The minimum Gasteiger partial charge on any atom is -0.360 e. The Bertz CT molecular complexity index is 792. The molecular weight excluding hydrogens is 558 g/mol. The Kier molecular flexibility index (Phi) is 7.00. The molecule has 0 aliphatic heterocycles. The van der Waals surface area contributed by atoms with Crippen LogP contribution in [0, 0.1) is 11.6 Å². The largest absolute Gasteiger partial charge is 0.434 e. The zero-order valence-corrected chi connectivity index (χ0v) is 18.3. The molecule has 0 N–H and O–H groups in total.